The van der Waals surface area contributed by atoms with Gasteiger partial charge in [0.15, 0.2) is 0 Å². The summed E-state index contributed by atoms with van der Waals surface area (Å²) < 4.78 is 0. The number of carboxylic acids is 4. The van der Waals surface area contributed by atoms with Gasteiger partial charge in [0, 0.05) is 143 Å². The molecule has 22 N–H and O–H groups in total. The van der Waals surface area contributed by atoms with Crippen molar-refractivity contribution < 1.29 is 184 Å². The average molecular weight is 2040 g/mol. The van der Waals surface area contributed by atoms with E-state index in [1.54, 1.807) is 171 Å². The fourth-order valence-corrected chi connectivity index (χ4v) is 11.2. The summed E-state index contributed by atoms with van der Waals surface area (Å²) in [7, 11) is 0. The number of aromatic nitrogens is 8. The Hall–Kier alpha value is -14.7. The summed E-state index contributed by atoms with van der Waals surface area (Å²) in [5.41, 5.74) is 10.1. The summed E-state index contributed by atoms with van der Waals surface area (Å²) in [6.45, 7) is 3.59. The molecule has 0 radical (unpaired) electrons. The molecule has 0 spiro atoms. The van der Waals surface area contributed by atoms with Gasteiger partial charge in [0.25, 0.3) is 0 Å². The first kappa shape index (κ1) is 122. The number of rotatable bonds is 12. The molecule has 0 aliphatic heterocycles. The largest absolute Gasteiger partial charge is 3.00 e. The first-order valence-electron chi connectivity index (χ1n) is 35.8. The van der Waals surface area contributed by atoms with Crippen LogP contribution in [0.5, 0.6) is 0 Å². The van der Waals surface area contributed by atoms with E-state index in [0.29, 0.717) is 22.7 Å². The molecule has 0 fully saturated rings. The van der Waals surface area contributed by atoms with E-state index < -0.39 is 60.2 Å². The Morgan fingerprint density at radius 3 is 0.446 bits per heavy atom. The number of aliphatic carboxylic acids is 4. The van der Waals surface area contributed by atoms with Crippen molar-refractivity contribution in [3.05, 3.63) is 347 Å². The summed E-state index contributed by atoms with van der Waals surface area (Å²) in [4.78, 5) is 142. The van der Waals surface area contributed by atoms with Crippen LogP contribution in [-0.2, 0) is 71.2 Å². The molecule has 4 amide bonds. The maximum Gasteiger partial charge on any atom is 3.00 e. The van der Waals surface area contributed by atoms with Gasteiger partial charge in [-0.25, -0.2) is 0 Å². The van der Waals surface area contributed by atoms with Crippen LogP contribution in [0.3, 0.4) is 0 Å². The maximum atomic E-state index is 11.1. The fraction of sp³-hybridized carbons (Fsp3) is 0.0909. The van der Waals surface area contributed by atoms with Gasteiger partial charge >= 0.3 is 71.2 Å². The Kier molecular flexibility index (Phi) is 59.9. The molecular formula is C88H94La2N14O26+6. The third kappa shape index (κ3) is 39.9. The van der Waals surface area contributed by atoms with Crippen LogP contribution in [0.2, 0.25) is 0 Å². The van der Waals surface area contributed by atoms with Gasteiger partial charge in [0.1, 0.15) is 0 Å². The fourth-order valence-electron chi connectivity index (χ4n) is 11.2. The Morgan fingerprint density at radius 2 is 0.346 bits per heavy atom. The number of carbonyl (C=O) groups is 8. The second-order valence-electron chi connectivity index (χ2n) is 24.6. The van der Waals surface area contributed by atoms with Gasteiger partial charge in [0.05, 0.1) is 104 Å². The van der Waals surface area contributed by atoms with Crippen LogP contribution in [-0.4, -0.2) is 135 Å². The van der Waals surface area contributed by atoms with Crippen LogP contribution < -0.4 is 40.0 Å². The third-order valence-corrected chi connectivity index (χ3v) is 16.3. The summed E-state index contributed by atoms with van der Waals surface area (Å²) in [6.07, 6.45) is 14.4. The second-order valence-corrected chi connectivity index (χ2v) is 24.6. The number of carbonyl (C=O) groups excluding carboxylic acids is 8. The van der Waals surface area contributed by atoms with E-state index in [4.69, 9.17) is 30.6 Å². The number of pyridine rings is 8. The van der Waals surface area contributed by atoms with Gasteiger partial charge in [-0.1, -0.05) is 170 Å². The molecule has 8 heterocycles. The first-order chi connectivity index (χ1) is 57.7. The van der Waals surface area contributed by atoms with E-state index in [9.17, 15) is 58.8 Å². The average Bonchev–Trinajstić information content (AvgIpc) is 0.810. The Bertz CT molecular complexity index is 5230. The molecule has 8 aromatic carbocycles. The Morgan fingerprint density at radius 1 is 0.231 bits per heavy atom. The molecule has 130 heavy (non-hydrogen) atoms. The van der Waals surface area contributed by atoms with Gasteiger partial charge in [-0.15, -0.1) is 0 Å². The smallest absolute Gasteiger partial charge is 0.548 e. The van der Waals surface area contributed by atoms with E-state index in [1.165, 1.54) is 27.7 Å². The van der Waals surface area contributed by atoms with Gasteiger partial charge in [-0.2, -0.15) is 0 Å². The first-order valence-corrected chi connectivity index (χ1v) is 35.8. The summed E-state index contributed by atoms with van der Waals surface area (Å²) in [5, 5.41) is 80.1. The van der Waals surface area contributed by atoms with Gasteiger partial charge < -0.3 is 134 Å². The Labute approximate surface area is 795 Å². The van der Waals surface area contributed by atoms with Crippen molar-refractivity contribution in [2.45, 2.75) is 27.7 Å². The number of hydrogen-bond donors (Lipinski definition) is 0. The molecule has 0 unspecified atom stereocenters. The molecule has 8 aromatic heterocycles. The molecule has 0 saturated heterocycles. The van der Waals surface area contributed by atoms with Gasteiger partial charge in [0.2, 0.25) is 23.6 Å². The number of anilines is 4. The predicted molar refractivity (Wildman–Crippen MR) is 483 cm³/mol. The molecule has 40 nitrogen and oxygen atoms in total. The van der Waals surface area contributed by atoms with E-state index in [0.717, 1.165) is 107 Å². The minimum Gasteiger partial charge on any atom is -0.548 e. The standard InChI is InChI=1S/4C12H8N2.4C10H11NO3.2La.2NO3.8H2O/c4*1-3-9-5-6-10-4-2-8-14-12(10)11(9)13-7-1;4*1-8(12)11(7-10(13)14)9-5-3-2-4-6-9;;;2*2-1(3)4;;;;;;;;/h4*1-8H;4*2-6H,7H2,1H3,(H,13,14);;;;;8*1H2/q;;;;;;;;2*+3;2*-1;;;;;;;;/p+2. The van der Waals surface area contributed by atoms with Gasteiger partial charge in [-0.05, 0) is 97.1 Å². The monoisotopic (exact) mass is 2040 g/mol. The number of hydrogen-bond acceptors (Lipinski definition) is 26. The molecule has 0 atom stereocenters. The van der Waals surface area contributed by atoms with Crippen molar-refractivity contribution in [1.82, 2.24) is 39.9 Å². The minimum absolute atomic E-state index is 0. The number of amides is 4. The third-order valence-electron chi connectivity index (χ3n) is 16.3. The second kappa shape index (κ2) is 64.1. The zero-order valence-electron chi connectivity index (χ0n) is 70.1. The van der Waals surface area contributed by atoms with E-state index >= 15 is 0 Å². The topological polar surface area (TPSA) is 738 Å². The number of benzene rings is 8. The molecule has 16 rings (SSSR count). The number of fused-ring (bicyclic) bond motifs is 12. The molecule has 16 aromatic rings. The van der Waals surface area contributed by atoms with Crippen LogP contribution >= 0.6 is 0 Å². The molecule has 42 heteroatoms. The molecular weight excluding hydrogens is 1950 g/mol. The van der Waals surface area contributed by atoms with Crippen molar-refractivity contribution in [3.8, 4) is 0 Å². The van der Waals surface area contributed by atoms with Crippen LogP contribution in [0.1, 0.15) is 27.7 Å². The van der Waals surface area contributed by atoms with Crippen LogP contribution in [0.25, 0.3) is 87.2 Å². The van der Waals surface area contributed by atoms with Gasteiger partial charge in [-0.3, -0.25) is 59.0 Å². The molecule has 0 bridgehead atoms. The zero-order chi connectivity index (χ0) is 86.9. The van der Waals surface area contributed by atoms with Crippen molar-refractivity contribution in [2.24, 2.45) is 0 Å². The van der Waals surface area contributed by atoms with Crippen LogP contribution in [0.4, 0.5) is 22.7 Å². The number of carboxylic acid groups (broad SMARTS) is 4. The van der Waals surface area contributed by atoms with E-state index in [1.807, 2.05) is 48.5 Å². The minimum atomic E-state index is -1.75. The normalized spacial score (nSPS) is 9.14. The Balaban J connectivity index is -0.000000682. The van der Waals surface area contributed by atoms with E-state index in [-0.39, 0.29) is 139 Å². The summed E-state index contributed by atoms with van der Waals surface area (Å²) in [5.74, 6) is -6.37. The molecule has 0 saturated carbocycles. The van der Waals surface area contributed by atoms with Crippen molar-refractivity contribution in [2.75, 3.05) is 45.8 Å². The molecule has 672 valence electrons. The van der Waals surface area contributed by atoms with E-state index in [2.05, 4.69) is 137 Å². The summed E-state index contributed by atoms with van der Waals surface area (Å²) in [6, 6.07) is 83.0. The quantitative estimate of drug-likeness (QED) is 0.0734. The SMILES string of the molecule is CC(=O)N(CC(=O)[O-])c1ccccc1.CC(=O)N(CC(=O)[O-])c1ccccc1.CC(=O)N(CC(=O)[O-])c1ccccc1.CC(=O)N(CC(=O)[O-])c1ccccc1.O.O.O=[N+]([O-])[O-].O=[N+]([O-])[O-].[La+3].[La+3].[OH3+].[OH3+].[OH3+].[OH3+].[OH3+].[OH3+].c1cnc2c(c1)ccc1cccnc12.c1cnc2c(c1)ccc1cccnc12.c1cnc2c(c1)ccc1cccnc12.c1cnc2c(c1)ccc1cccnc12. The van der Waals surface area contributed by atoms with Crippen molar-refractivity contribution >= 4 is 157 Å². The molecule has 0 aliphatic carbocycles. The van der Waals surface area contributed by atoms with Crippen LogP contribution in [0.15, 0.2) is 316 Å². The summed E-state index contributed by atoms with van der Waals surface area (Å²) >= 11 is 0. The van der Waals surface area contributed by atoms with Crippen molar-refractivity contribution in [3.63, 3.8) is 0 Å². The number of para-hydroxylation sites is 4. The van der Waals surface area contributed by atoms with Crippen LogP contribution in [0, 0.1) is 102 Å². The zero-order valence-corrected chi connectivity index (χ0v) is 77.3. The molecule has 0 aliphatic rings. The predicted octanol–water partition coefficient (Wildman–Crippen LogP) is 2.63. The number of nitrogens with zero attached hydrogens (tertiary/aromatic N) is 14. The van der Waals surface area contributed by atoms with Crippen molar-refractivity contribution in [1.29, 1.82) is 0 Å². The maximum absolute atomic E-state index is 11.1.